The van der Waals surface area contributed by atoms with Crippen molar-refractivity contribution in [1.82, 2.24) is 0 Å². The van der Waals surface area contributed by atoms with Gasteiger partial charge in [-0.05, 0) is 31.2 Å². The number of anilines is 1. The smallest absolute Gasteiger partial charge is 0.134 e. The molecule has 86 valence electrons. The summed E-state index contributed by atoms with van der Waals surface area (Å²) >= 11 is 0. The van der Waals surface area contributed by atoms with Gasteiger partial charge in [0.15, 0.2) is 0 Å². The number of nitrogens with one attached hydrogen (secondary N) is 1. The molecule has 0 saturated carbocycles. The number of hydrogen-bond acceptors (Lipinski definition) is 4. The van der Waals surface area contributed by atoms with Crippen LogP contribution in [0.15, 0.2) is 28.7 Å². The molecule has 0 spiro atoms. The molecule has 1 unspecified atom stereocenters. The van der Waals surface area contributed by atoms with E-state index in [-0.39, 0.29) is 6.61 Å². The van der Waals surface area contributed by atoms with Crippen LogP contribution in [-0.2, 0) is 0 Å². The fourth-order valence-corrected chi connectivity index (χ4v) is 1.59. The van der Waals surface area contributed by atoms with Gasteiger partial charge >= 0.3 is 0 Å². The molecular formula is C12H15NO3. The molecule has 0 fully saturated rings. The first-order chi connectivity index (χ1) is 7.69. The lowest BCUT2D eigenvalue weighted by molar-refractivity contribution is 0.105. The molecule has 2 aromatic rings. The Bertz CT molecular complexity index is 478. The zero-order valence-electron chi connectivity index (χ0n) is 9.10. The van der Waals surface area contributed by atoms with Crippen molar-refractivity contribution in [3.63, 3.8) is 0 Å². The fraction of sp³-hybridized carbons (Fsp3) is 0.333. The van der Waals surface area contributed by atoms with Crippen molar-refractivity contribution in [2.45, 2.75) is 13.0 Å². The molecule has 2 rings (SSSR count). The maximum atomic E-state index is 9.21. The van der Waals surface area contributed by atoms with Crippen LogP contribution < -0.4 is 5.32 Å². The maximum Gasteiger partial charge on any atom is 0.134 e. The van der Waals surface area contributed by atoms with E-state index in [4.69, 9.17) is 9.52 Å². The summed E-state index contributed by atoms with van der Waals surface area (Å²) in [7, 11) is 0. The van der Waals surface area contributed by atoms with E-state index in [1.807, 2.05) is 31.2 Å². The van der Waals surface area contributed by atoms with E-state index in [1.54, 1.807) is 0 Å². The number of aryl methyl sites for hydroxylation is 1. The molecule has 0 bridgehead atoms. The SMILES string of the molecule is Cc1cc2cc(NCC(O)CO)ccc2o1. The van der Waals surface area contributed by atoms with Crippen LogP contribution in [0, 0.1) is 6.92 Å². The van der Waals surface area contributed by atoms with Gasteiger partial charge in [-0.15, -0.1) is 0 Å². The highest BCUT2D eigenvalue weighted by atomic mass is 16.3. The van der Waals surface area contributed by atoms with E-state index < -0.39 is 6.10 Å². The van der Waals surface area contributed by atoms with Gasteiger partial charge in [-0.25, -0.2) is 0 Å². The molecule has 0 aliphatic heterocycles. The number of hydrogen-bond donors (Lipinski definition) is 3. The van der Waals surface area contributed by atoms with Crippen LogP contribution >= 0.6 is 0 Å². The second-order valence-corrected chi connectivity index (χ2v) is 3.83. The number of benzene rings is 1. The van der Waals surface area contributed by atoms with E-state index in [1.165, 1.54) is 0 Å². The normalized spacial score (nSPS) is 12.9. The summed E-state index contributed by atoms with van der Waals surface area (Å²) < 4.78 is 5.45. The highest BCUT2D eigenvalue weighted by Gasteiger charge is 2.03. The average molecular weight is 221 g/mol. The maximum absolute atomic E-state index is 9.21. The van der Waals surface area contributed by atoms with E-state index in [2.05, 4.69) is 5.32 Å². The highest BCUT2D eigenvalue weighted by Crippen LogP contribution is 2.22. The summed E-state index contributed by atoms with van der Waals surface area (Å²) in [6.07, 6.45) is -0.734. The van der Waals surface area contributed by atoms with Crippen LogP contribution in [0.5, 0.6) is 0 Å². The summed E-state index contributed by atoms with van der Waals surface area (Å²) in [5.74, 6) is 0.877. The van der Waals surface area contributed by atoms with Crippen LogP contribution in [0.3, 0.4) is 0 Å². The predicted molar refractivity (Wildman–Crippen MR) is 62.5 cm³/mol. The van der Waals surface area contributed by atoms with Crippen LogP contribution in [0.1, 0.15) is 5.76 Å². The summed E-state index contributed by atoms with van der Waals surface area (Å²) in [6.45, 7) is 2.00. The van der Waals surface area contributed by atoms with Crippen molar-refractivity contribution in [2.75, 3.05) is 18.5 Å². The third-order valence-electron chi connectivity index (χ3n) is 2.39. The number of fused-ring (bicyclic) bond motifs is 1. The van der Waals surface area contributed by atoms with Crippen LogP contribution in [0.25, 0.3) is 11.0 Å². The molecule has 1 heterocycles. The molecule has 3 N–H and O–H groups in total. The van der Waals surface area contributed by atoms with Crippen LogP contribution in [0.4, 0.5) is 5.69 Å². The molecule has 0 amide bonds. The van der Waals surface area contributed by atoms with Crippen molar-refractivity contribution < 1.29 is 14.6 Å². The van der Waals surface area contributed by atoms with Gasteiger partial charge in [0, 0.05) is 17.6 Å². The highest BCUT2D eigenvalue weighted by molar-refractivity contribution is 5.81. The minimum Gasteiger partial charge on any atom is -0.461 e. The van der Waals surface area contributed by atoms with Crippen molar-refractivity contribution >= 4 is 16.7 Å². The summed E-state index contributed by atoms with van der Waals surface area (Å²) in [5.41, 5.74) is 1.76. The molecule has 1 aromatic carbocycles. The summed E-state index contributed by atoms with van der Waals surface area (Å²) in [5, 5.41) is 22.0. The minimum atomic E-state index is -0.734. The van der Waals surface area contributed by atoms with Gasteiger partial charge < -0.3 is 19.9 Å². The Morgan fingerprint density at radius 1 is 1.38 bits per heavy atom. The van der Waals surface area contributed by atoms with Gasteiger partial charge in [0.1, 0.15) is 11.3 Å². The van der Waals surface area contributed by atoms with Crippen molar-refractivity contribution in [3.05, 3.63) is 30.0 Å². The summed E-state index contributed by atoms with van der Waals surface area (Å²) in [6, 6.07) is 7.68. The Morgan fingerprint density at radius 3 is 2.94 bits per heavy atom. The molecule has 16 heavy (non-hydrogen) atoms. The van der Waals surface area contributed by atoms with Gasteiger partial charge in [-0.2, -0.15) is 0 Å². The molecule has 4 nitrogen and oxygen atoms in total. The lowest BCUT2D eigenvalue weighted by atomic mass is 10.2. The Kier molecular flexibility index (Phi) is 3.12. The molecule has 1 atom stereocenters. The van der Waals surface area contributed by atoms with Crippen molar-refractivity contribution in [3.8, 4) is 0 Å². The second kappa shape index (κ2) is 4.55. The Balaban J connectivity index is 2.13. The number of rotatable bonds is 4. The number of aliphatic hydroxyl groups is 2. The first-order valence-electron chi connectivity index (χ1n) is 5.22. The Hall–Kier alpha value is -1.52. The molecule has 1 aromatic heterocycles. The average Bonchev–Trinajstić information content (AvgIpc) is 2.65. The largest absolute Gasteiger partial charge is 0.461 e. The molecule has 0 radical (unpaired) electrons. The first kappa shape index (κ1) is 11.0. The van der Waals surface area contributed by atoms with E-state index in [0.29, 0.717) is 6.54 Å². The van der Waals surface area contributed by atoms with Crippen LogP contribution in [-0.4, -0.2) is 29.5 Å². The van der Waals surface area contributed by atoms with Crippen LogP contribution in [0.2, 0.25) is 0 Å². The van der Waals surface area contributed by atoms with Gasteiger partial charge in [0.05, 0.1) is 12.7 Å². The predicted octanol–water partition coefficient (Wildman–Crippen LogP) is 1.51. The monoisotopic (exact) mass is 221 g/mol. The second-order valence-electron chi connectivity index (χ2n) is 3.83. The lowest BCUT2D eigenvalue weighted by Crippen LogP contribution is -2.22. The van der Waals surface area contributed by atoms with E-state index >= 15 is 0 Å². The third-order valence-corrected chi connectivity index (χ3v) is 2.39. The van der Waals surface area contributed by atoms with Gasteiger partial charge in [0.2, 0.25) is 0 Å². The Morgan fingerprint density at radius 2 is 2.19 bits per heavy atom. The first-order valence-corrected chi connectivity index (χ1v) is 5.22. The molecule has 4 heteroatoms. The molecular weight excluding hydrogens is 206 g/mol. The quantitative estimate of drug-likeness (QED) is 0.732. The zero-order chi connectivity index (χ0) is 11.5. The Labute approximate surface area is 93.5 Å². The third kappa shape index (κ3) is 2.35. The summed E-state index contributed by atoms with van der Waals surface area (Å²) in [4.78, 5) is 0. The molecule has 0 aliphatic carbocycles. The van der Waals surface area contributed by atoms with E-state index in [9.17, 15) is 5.11 Å². The zero-order valence-corrected chi connectivity index (χ0v) is 9.10. The molecule has 0 saturated heterocycles. The van der Waals surface area contributed by atoms with Crippen molar-refractivity contribution in [2.24, 2.45) is 0 Å². The van der Waals surface area contributed by atoms with Crippen molar-refractivity contribution in [1.29, 1.82) is 0 Å². The van der Waals surface area contributed by atoms with Gasteiger partial charge in [-0.3, -0.25) is 0 Å². The lowest BCUT2D eigenvalue weighted by Gasteiger charge is -2.09. The number of furan rings is 1. The minimum absolute atomic E-state index is 0.236. The number of aliphatic hydroxyl groups excluding tert-OH is 2. The van der Waals surface area contributed by atoms with Gasteiger partial charge in [-0.1, -0.05) is 0 Å². The van der Waals surface area contributed by atoms with Gasteiger partial charge in [0.25, 0.3) is 0 Å². The van der Waals surface area contributed by atoms with E-state index in [0.717, 1.165) is 22.4 Å². The standard InChI is InChI=1S/C12H15NO3/c1-8-4-9-5-10(2-3-12(9)16-8)13-6-11(15)7-14/h2-5,11,13-15H,6-7H2,1H3. The molecule has 0 aliphatic rings. The fourth-order valence-electron chi connectivity index (χ4n) is 1.59. The topological polar surface area (TPSA) is 65.6 Å².